The molecule has 0 bridgehead atoms. The van der Waals surface area contributed by atoms with Gasteiger partial charge in [-0.3, -0.25) is 4.79 Å². The molecule has 0 heterocycles. The molecular formula is C25H46N2O. The molecule has 0 spiro atoms. The Balaban J connectivity index is 0.000000576. The van der Waals surface area contributed by atoms with E-state index in [4.69, 9.17) is 0 Å². The second kappa shape index (κ2) is 9.91. The van der Waals surface area contributed by atoms with Crippen LogP contribution in [0, 0.1) is 10.8 Å². The van der Waals surface area contributed by atoms with E-state index in [9.17, 15) is 4.79 Å². The summed E-state index contributed by atoms with van der Waals surface area (Å²) in [6.07, 6.45) is 1.24. The van der Waals surface area contributed by atoms with Crippen LogP contribution in [0.1, 0.15) is 99.9 Å². The first kappa shape index (κ1) is 26.6. The zero-order valence-corrected chi connectivity index (χ0v) is 20.6. The molecule has 2 N–H and O–H groups in total. The fourth-order valence-electron chi connectivity index (χ4n) is 2.38. The van der Waals surface area contributed by atoms with Gasteiger partial charge in [0.05, 0.1) is 0 Å². The van der Waals surface area contributed by atoms with Crippen molar-refractivity contribution in [2.45, 2.75) is 101 Å². The lowest BCUT2D eigenvalue weighted by atomic mass is 9.86. The van der Waals surface area contributed by atoms with E-state index < -0.39 is 0 Å². The van der Waals surface area contributed by atoms with Crippen LogP contribution >= 0.6 is 0 Å². The Morgan fingerprint density at radius 3 is 1.54 bits per heavy atom. The van der Waals surface area contributed by atoms with Crippen molar-refractivity contribution in [3.05, 3.63) is 29.8 Å². The summed E-state index contributed by atoms with van der Waals surface area (Å²) in [5, 5.41) is 6.85. The summed E-state index contributed by atoms with van der Waals surface area (Å²) in [5.74, 6) is 0.180. The third-order valence-corrected chi connectivity index (χ3v) is 3.88. The molecule has 0 radical (unpaired) electrons. The molecule has 0 aromatic heterocycles. The Kier molecular flexibility index (Phi) is 9.44. The van der Waals surface area contributed by atoms with Crippen molar-refractivity contribution in [1.29, 1.82) is 0 Å². The molecule has 0 aliphatic rings. The van der Waals surface area contributed by atoms with E-state index in [2.05, 4.69) is 72.9 Å². The van der Waals surface area contributed by atoms with Gasteiger partial charge in [-0.05, 0) is 84.2 Å². The first-order valence-corrected chi connectivity index (χ1v) is 10.5. The highest BCUT2D eigenvalue weighted by Gasteiger charge is 2.22. The van der Waals surface area contributed by atoms with E-state index in [0.29, 0.717) is 5.41 Å². The van der Waals surface area contributed by atoms with E-state index in [1.807, 2.05) is 45.0 Å². The number of nitrogens with one attached hydrogen (secondary N) is 2. The molecule has 0 saturated heterocycles. The Labute approximate surface area is 175 Å². The minimum Gasteiger partial charge on any atom is -0.380 e. The molecule has 0 saturated carbocycles. The Hall–Kier alpha value is -1.35. The van der Waals surface area contributed by atoms with Crippen molar-refractivity contribution in [3.8, 4) is 0 Å². The average molecular weight is 391 g/mol. The van der Waals surface area contributed by atoms with Crippen molar-refractivity contribution in [2.24, 2.45) is 10.8 Å². The van der Waals surface area contributed by atoms with Gasteiger partial charge in [0.25, 0.3) is 0 Å². The van der Waals surface area contributed by atoms with Crippen LogP contribution in [-0.4, -0.2) is 23.4 Å². The fraction of sp³-hybridized carbons (Fsp3) is 0.720. The van der Waals surface area contributed by atoms with Crippen molar-refractivity contribution in [2.75, 3.05) is 11.9 Å². The van der Waals surface area contributed by atoms with Gasteiger partial charge in [0.2, 0.25) is 0 Å². The van der Waals surface area contributed by atoms with E-state index in [0.717, 1.165) is 17.8 Å². The number of rotatable bonds is 4. The number of Topliss-reactive ketones (excluding diaryl/α,β-unsaturated/α-hetero) is 1. The van der Waals surface area contributed by atoms with Crippen LogP contribution < -0.4 is 10.6 Å². The minimum atomic E-state index is -0.320. The van der Waals surface area contributed by atoms with Crippen LogP contribution in [-0.2, 0) is 0 Å². The molecule has 0 aliphatic carbocycles. The number of hydrogen-bond donors (Lipinski definition) is 2. The summed E-state index contributed by atoms with van der Waals surface area (Å²) >= 11 is 0. The molecule has 0 fully saturated rings. The number of ketones is 1. The van der Waals surface area contributed by atoms with Crippen LogP contribution in [0.5, 0.6) is 0 Å². The number of anilines is 1. The van der Waals surface area contributed by atoms with Crippen LogP contribution in [0.15, 0.2) is 24.3 Å². The van der Waals surface area contributed by atoms with E-state index in [1.54, 1.807) is 0 Å². The van der Waals surface area contributed by atoms with Gasteiger partial charge in [-0.15, -0.1) is 0 Å². The molecule has 3 nitrogen and oxygen atoms in total. The maximum Gasteiger partial charge on any atom is 0.168 e. The molecule has 28 heavy (non-hydrogen) atoms. The maximum absolute atomic E-state index is 12.0. The first-order chi connectivity index (χ1) is 12.3. The minimum absolute atomic E-state index is 0.0373. The zero-order chi connectivity index (χ0) is 22.4. The molecule has 1 aromatic carbocycles. The van der Waals surface area contributed by atoms with Gasteiger partial charge in [-0.2, -0.15) is 0 Å². The highest BCUT2D eigenvalue weighted by molar-refractivity contribution is 6.00. The topological polar surface area (TPSA) is 41.1 Å². The molecule has 0 amide bonds. The van der Waals surface area contributed by atoms with Crippen molar-refractivity contribution in [1.82, 2.24) is 5.32 Å². The maximum atomic E-state index is 12.0. The van der Waals surface area contributed by atoms with Gasteiger partial charge < -0.3 is 10.6 Å². The highest BCUT2D eigenvalue weighted by atomic mass is 16.1. The average Bonchev–Trinajstić information content (AvgIpc) is 2.42. The third kappa shape index (κ3) is 13.8. The van der Waals surface area contributed by atoms with E-state index in [1.165, 1.54) is 6.42 Å². The van der Waals surface area contributed by atoms with Crippen LogP contribution in [0.3, 0.4) is 0 Å². The van der Waals surface area contributed by atoms with Crippen molar-refractivity contribution in [3.63, 3.8) is 0 Å². The SMILES string of the molecule is CC(C)(C)CCNC(C)(C)C.CC(C)(C)Nc1ccc(C(=O)C(C)(C)C)cc1. The normalized spacial score (nSPS) is 12.9. The smallest absolute Gasteiger partial charge is 0.168 e. The zero-order valence-electron chi connectivity index (χ0n) is 20.6. The summed E-state index contributed by atoms with van der Waals surface area (Å²) in [7, 11) is 0. The van der Waals surface area contributed by atoms with Gasteiger partial charge in [-0.1, -0.05) is 41.5 Å². The number of hydrogen-bond acceptors (Lipinski definition) is 3. The molecular weight excluding hydrogens is 344 g/mol. The number of benzene rings is 1. The van der Waals surface area contributed by atoms with Crippen molar-refractivity contribution < 1.29 is 4.79 Å². The predicted octanol–water partition coefficient (Wildman–Crippen LogP) is 6.94. The molecule has 3 heteroatoms. The Morgan fingerprint density at radius 2 is 1.21 bits per heavy atom. The third-order valence-electron chi connectivity index (χ3n) is 3.88. The second-order valence-corrected chi connectivity index (χ2v) is 12.0. The summed E-state index contributed by atoms with van der Waals surface area (Å²) in [5.41, 5.74) is 2.26. The molecule has 0 aliphatic heterocycles. The quantitative estimate of drug-likeness (QED) is 0.547. The van der Waals surface area contributed by atoms with Gasteiger partial charge in [0.1, 0.15) is 0 Å². The summed E-state index contributed by atoms with van der Waals surface area (Å²) in [4.78, 5) is 12.0. The molecule has 0 atom stereocenters. The van der Waals surface area contributed by atoms with Crippen LogP contribution in [0.2, 0.25) is 0 Å². The predicted molar refractivity (Wildman–Crippen MR) is 125 cm³/mol. The lowest BCUT2D eigenvalue weighted by Crippen LogP contribution is -2.37. The molecule has 162 valence electrons. The highest BCUT2D eigenvalue weighted by Crippen LogP contribution is 2.22. The summed E-state index contributed by atoms with van der Waals surface area (Å²) in [6, 6.07) is 7.71. The largest absolute Gasteiger partial charge is 0.380 e. The summed E-state index contributed by atoms with van der Waals surface area (Å²) < 4.78 is 0. The standard InChI is InChI=1S/C15H23NO.C10H23N/c1-14(2,3)13(17)11-7-9-12(10-8-11)16-15(4,5)6;1-9(2,3)7-8-11-10(4,5)6/h7-10,16H,1-6H3;11H,7-8H2,1-6H3. The monoisotopic (exact) mass is 390 g/mol. The van der Waals surface area contributed by atoms with E-state index >= 15 is 0 Å². The van der Waals surface area contributed by atoms with E-state index in [-0.39, 0.29) is 22.3 Å². The van der Waals surface area contributed by atoms with Gasteiger partial charge in [0.15, 0.2) is 5.78 Å². The van der Waals surface area contributed by atoms with Crippen LogP contribution in [0.25, 0.3) is 0 Å². The number of carbonyl (C=O) groups is 1. The lowest BCUT2D eigenvalue weighted by molar-refractivity contribution is 0.0858. The second-order valence-electron chi connectivity index (χ2n) is 12.0. The van der Waals surface area contributed by atoms with Gasteiger partial charge in [0, 0.05) is 27.7 Å². The fourth-order valence-corrected chi connectivity index (χ4v) is 2.38. The Morgan fingerprint density at radius 1 is 0.750 bits per heavy atom. The number of carbonyl (C=O) groups excluding carboxylic acids is 1. The lowest BCUT2D eigenvalue weighted by Gasteiger charge is -2.24. The van der Waals surface area contributed by atoms with Gasteiger partial charge >= 0.3 is 0 Å². The molecule has 1 rings (SSSR count). The first-order valence-electron chi connectivity index (χ1n) is 10.5. The van der Waals surface area contributed by atoms with Crippen LogP contribution in [0.4, 0.5) is 5.69 Å². The Bertz CT molecular complexity index is 574. The summed E-state index contributed by atoms with van der Waals surface area (Å²) in [6.45, 7) is 26.7. The molecule has 1 aromatic rings. The van der Waals surface area contributed by atoms with Gasteiger partial charge in [-0.25, -0.2) is 0 Å². The molecule has 0 unspecified atom stereocenters. The van der Waals surface area contributed by atoms with Crippen molar-refractivity contribution >= 4 is 11.5 Å².